The smallest absolute Gasteiger partial charge is 0.215 e. The Morgan fingerprint density at radius 1 is 0.944 bits per heavy atom. The number of aromatic nitrogens is 2. The van der Waals surface area contributed by atoms with Crippen LogP contribution in [0.3, 0.4) is 0 Å². The van der Waals surface area contributed by atoms with Crippen LogP contribution in [0.5, 0.6) is 5.88 Å². The van der Waals surface area contributed by atoms with Gasteiger partial charge in [-0.05, 0) is 10.8 Å². The van der Waals surface area contributed by atoms with Gasteiger partial charge >= 0.3 is 0 Å². The van der Waals surface area contributed by atoms with Gasteiger partial charge in [0.1, 0.15) is 0 Å². The first-order valence-electron chi connectivity index (χ1n) is 5.49. The lowest BCUT2D eigenvalue weighted by molar-refractivity contribution is 0.446. The van der Waals surface area contributed by atoms with Crippen molar-refractivity contribution in [3.63, 3.8) is 0 Å². The minimum absolute atomic E-state index is 0.0714. The molecule has 0 aliphatic heterocycles. The van der Waals surface area contributed by atoms with Gasteiger partial charge in [-0.1, -0.05) is 42.5 Å². The predicted octanol–water partition coefficient (Wildman–Crippen LogP) is 3.29. The Labute approximate surface area is 110 Å². The average Bonchev–Trinajstić information content (AvgIpc) is 2.37. The minimum atomic E-state index is -0.0714. The quantitative estimate of drug-likeness (QED) is 0.517. The number of thiol groups is 1. The lowest BCUT2D eigenvalue weighted by Crippen LogP contribution is -1.89. The molecule has 0 saturated carbocycles. The zero-order valence-corrected chi connectivity index (χ0v) is 10.3. The summed E-state index contributed by atoms with van der Waals surface area (Å²) in [6.45, 7) is 0. The average molecular weight is 254 g/mol. The van der Waals surface area contributed by atoms with Crippen LogP contribution >= 0.6 is 12.6 Å². The van der Waals surface area contributed by atoms with E-state index >= 15 is 0 Å². The van der Waals surface area contributed by atoms with E-state index in [1.807, 2.05) is 42.5 Å². The van der Waals surface area contributed by atoms with Crippen LogP contribution in [-0.4, -0.2) is 15.1 Å². The number of benzene rings is 2. The van der Waals surface area contributed by atoms with E-state index in [-0.39, 0.29) is 11.0 Å². The van der Waals surface area contributed by atoms with Gasteiger partial charge < -0.3 is 5.11 Å². The van der Waals surface area contributed by atoms with E-state index in [1.165, 1.54) is 0 Å². The summed E-state index contributed by atoms with van der Waals surface area (Å²) in [5.41, 5.74) is 1.63. The van der Waals surface area contributed by atoms with Crippen molar-refractivity contribution < 1.29 is 5.11 Å². The van der Waals surface area contributed by atoms with E-state index in [4.69, 9.17) is 0 Å². The molecule has 1 aromatic heterocycles. The van der Waals surface area contributed by atoms with E-state index in [0.717, 1.165) is 16.3 Å². The summed E-state index contributed by atoms with van der Waals surface area (Å²) in [6, 6.07) is 15.6. The second-order valence-corrected chi connectivity index (χ2v) is 4.34. The Morgan fingerprint density at radius 3 is 2.56 bits per heavy atom. The normalized spacial score (nSPS) is 10.7. The fourth-order valence-corrected chi connectivity index (χ4v) is 2.22. The molecule has 88 valence electrons. The summed E-state index contributed by atoms with van der Waals surface area (Å²) in [4.78, 5) is 8.00. The zero-order chi connectivity index (χ0) is 12.5. The fraction of sp³-hybridized carbons (Fsp3) is 0. The number of hydrogen-bond acceptors (Lipinski definition) is 4. The number of nitrogens with zero attached hydrogens (tertiary/aromatic N) is 2. The van der Waals surface area contributed by atoms with Crippen molar-refractivity contribution in [3.05, 3.63) is 48.5 Å². The van der Waals surface area contributed by atoms with Crippen molar-refractivity contribution in [1.82, 2.24) is 9.97 Å². The lowest BCUT2D eigenvalue weighted by Gasteiger charge is -2.06. The molecule has 3 nitrogen and oxygen atoms in total. The molecule has 0 amide bonds. The number of aromatic hydroxyl groups is 1. The van der Waals surface area contributed by atoms with Crippen molar-refractivity contribution in [2.75, 3.05) is 0 Å². The molecule has 18 heavy (non-hydrogen) atoms. The number of hydrogen-bond donors (Lipinski definition) is 2. The third-order valence-corrected chi connectivity index (χ3v) is 2.97. The molecule has 0 fully saturated rings. The molecular weight excluding hydrogens is 244 g/mol. The molecule has 0 unspecified atom stereocenters. The molecule has 0 radical (unpaired) electrons. The van der Waals surface area contributed by atoms with Gasteiger partial charge in [-0.15, -0.1) is 12.6 Å². The standard InChI is InChI=1S/C14H10N2OS/c17-13-8-12(15-14(18)16-13)11-7-3-5-9-4-1-2-6-10(9)11/h1-8H,(H2,15,16,17,18). The maximum Gasteiger partial charge on any atom is 0.215 e. The SMILES string of the molecule is Oc1cc(-c2cccc3ccccc23)nc(S)n1. The highest BCUT2D eigenvalue weighted by molar-refractivity contribution is 7.80. The van der Waals surface area contributed by atoms with Crippen LogP contribution in [0.1, 0.15) is 0 Å². The van der Waals surface area contributed by atoms with Crippen LogP contribution in [0.25, 0.3) is 22.0 Å². The van der Waals surface area contributed by atoms with Gasteiger partial charge in [0.15, 0.2) is 5.16 Å². The monoisotopic (exact) mass is 254 g/mol. The van der Waals surface area contributed by atoms with Crippen molar-refractivity contribution in [3.8, 4) is 17.1 Å². The summed E-state index contributed by atoms with van der Waals surface area (Å²) >= 11 is 4.09. The highest BCUT2D eigenvalue weighted by Gasteiger charge is 2.07. The first kappa shape index (κ1) is 11.0. The summed E-state index contributed by atoms with van der Waals surface area (Å²) in [6.07, 6.45) is 0. The van der Waals surface area contributed by atoms with Crippen LogP contribution in [0, 0.1) is 0 Å². The van der Waals surface area contributed by atoms with Gasteiger partial charge in [0.2, 0.25) is 5.88 Å². The third kappa shape index (κ3) is 1.91. The van der Waals surface area contributed by atoms with Crippen LogP contribution in [0.4, 0.5) is 0 Å². The van der Waals surface area contributed by atoms with Crippen LogP contribution in [0.15, 0.2) is 53.7 Å². The molecule has 0 atom stereocenters. The molecule has 4 heteroatoms. The summed E-state index contributed by atoms with van der Waals surface area (Å²) in [7, 11) is 0. The zero-order valence-electron chi connectivity index (χ0n) is 9.41. The number of fused-ring (bicyclic) bond motifs is 1. The topological polar surface area (TPSA) is 46.0 Å². The minimum Gasteiger partial charge on any atom is -0.493 e. The van der Waals surface area contributed by atoms with Gasteiger partial charge in [0.05, 0.1) is 5.69 Å². The molecular formula is C14H10N2OS. The first-order chi connectivity index (χ1) is 8.74. The van der Waals surface area contributed by atoms with Crippen LogP contribution in [-0.2, 0) is 0 Å². The molecule has 0 saturated heterocycles. The first-order valence-corrected chi connectivity index (χ1v) is 5.94. The summed E-state index contributed by atoms with van der Waals surface area (Å²) < 4.78 is 0. The van der Waals surface area contributed by atoms with E-state index < -0.39 is 0 Å². The van der Waals surface area contributed by atoms with Gasteiger partial charge in [-0.25, -0.2) is 4.98 Å². The van der Waals surface area contributed by atoms with Crippen molar-refractivity contribution in [2.45, 2.75) is 5.16 Å². The highest BCUT2D eigenvalue weighted by atomic mass is 32.1. The Morgan fingerprint density at radius 2 is 1.72 bits per heavy atom. The Bertz CT molecular complexity index is 702. The fourth-order valence-electron chi connectivity index (χ4n) is 2.01. The molecule has 3 rings (SSSR count). The highest BCUT2D eigenvalue weighted by Crippen LogP contribution is 2.28. The van der Waals surface area contributed by atoms with E-state index in [0.29, 0.717) is 5.69 Å². The van der Waals surface area contributed by atoms with Crippen molar-refractivity contribution >= 4 is 23.4 Å². The third-order valence-electron chi connectivity index (χ3n) is 2.77. The van der Waals surface area contributed by atoms with E-state index in [9.17, 15) is 5.11 Å². The molecule has 2 aromatic carbocycles. The molecule has 3 aromatic rings. The Balaban J connectivity index is 2.31. The van der Waals surface area contributed by atoms with Gasteiger partial charge in [0, 0.05) is 11.6 Å². The Hall–Kier alpha value is -2.07. The Kier molecular flexibility index (Phi) is 2.64. The summed E-state index contributed by atoms with van der Waals surface area (Å²) in [5.74, 6) is -0.0714. The lowest BCUT2D eigenvalue weighted by atomic mass is 10.0. The predicted molar refractivity (Wildman–Crippen MR) is 73.9 cm³/mol. The van der Waals surface area contributed by atoms with Gasteiger partial charge in [0.25, 0.3) is 0 Å². The molecule has 0 spiro atoms. The van der Waals surface area contributed by atoms with E-state index in [1.54, 1.807) is 6.07 Å². The van der Waals surface area contributed by atoms with Gasteiger partial charge in [-0.3, -0.25) is 0 Å². The van der Waals surface area contributed by atoms with Crippen LogP contribution in [0.2, 0.25) is 0 Å². The van der Waals surface area contributed by atoms with Crippen LogP contribution < -0.4 is 0 Å². The van der Waals surface area contributed by atoms with E-state index in [2.05, 4.69) is 22.6 Å². The second-order valence-electron chi connectivity index (χ2n) is 3.94. The number of rotatable bonds is 1. The maximum absolute atomic E-state index is 9.53. The second kappa shape index (κ2) is 4.31. The molecule has 0 bridgehead atoms. The molecule has 0 aliphatic carbocycles. The molecule has 1 heterocycles. The van der Waals surface area contributed by atoms with Crippen molar-refractivity contribution in [2.24, 2.45) is 0 Å². The van der Waals surface area contributed by atoms with Crippen molar-refractivity contribution in [1.29, 1.82) is 0 Å². The molecule has 0 aliphatic rings. The van der Waals surface area contributed by atoms with Gasteiger partial charge in [-0.2, -0.15) is 4.98 Å². The maximum atomic E-state index is 9.53. The summed E-state index contributed by atoms with van der Waals surface area (Å²) in [5, 5.41) is 12.0. The largest absolute Gasteiger partial charge is 0.493 e. The molecule has 1 N–H and O–H groups in total.